The predicted octanol–water partition coefficient (Wildman–Crippen LogP) is 3.37. The van der Waals surface area contributed by atoms with Gasteiger partial charge in [0.15, 0.2) is 0 Å². The lowest BCUT2D eigenvalue weighted by atomic mass is 10.2. The minimum Gasteiger partial charge on any atom is -0.298 e. The van der Waals surface area contributed by atoms with Crippen LogP contribution in [-0.4, -0.2) is 6.29 Å². The Hall–Kier alpha value is -0.860. The third-order valence-electron chi connectivity index (χ3n) is 1.65. The van der Waals surface area contributed by atoms with Crippen molar-refractivity contribution >= 4 is 39.3 Å². The smallest absolute Gasteiger partial charge is 0.150 e. The van der Waals surface area contributed by atoms with Gasteiger partial charge in [0.1, 0.15) is 6.29 Å². The van der Waals surface area contributed by atoms with Crippen LogP contribution in [0.1, 0.15) is 10.4 Å². The van der Waals surface area contributed by atoms with Gasteiger partial charge in [-0.2, -0.15) is 0 Å². The Morgan fingerprint density at radius 3 is 2.92 bits per heavy atom. The van der Waals surface area contributed by atoms with E-state index < -0.39 is 0 Å². The zero-order chi connectivity index (χ0) is 8.55. The first-order valence-electron chi connectivity index (χ1n) is 3.44. The molecule has 0 aliphatic rings. The Morgan fingerprint density at radius 2 is 2.17 bits per heavy atom. The molecule has 60 valence electrons. The molecule has 1 aromatic heterocycles. The summed E-state index contributed by atoms with van der Waals surface area (Å²) in [6.07, 6.45) is 0.840. The molecule has 1 nitrogen and oxygen atoms in total. The Balaban J connectivity index is 2.74. The summed E-state index contributed by atoms with van der Waals surface area (Å²) < 4.78 is 1.82. The lowest BCUT2D eigenvalue weighted by molar-refractivity contribution is 0.112. The summed E-state index contributed by atoms with van der Waals surface area (Å²) in [5, 5.41) is 1.09. The molecule has 0 saturated heterocycles. The molecule has 0 bridgehead atoms. The van der Waals surface area contributed by atoms with Crippen molar-refractivity contribution in [2.75, 3.05) is 0 Å². The first kappa shape index (κ1) is 7.77. The molecule has 2 aromatic rings. The fraction of sp³-hybridized carbons (Fsp3) is 0. The molecule has 0 amide bonds. The molecule has 0 saturated carbocycles. The summed E-state index contributed by atoms with van der Waals surface area (Å²) in [6.45, 7) is 0. The third kappa shape index (κ3) is 1.24. The molecule has 0 unspecified atom stereocenters. The Morgan fingerprint density at radius 1 is 1.33 bits per heavy atom. The molecule has 2 rings (SSSR count). The second kappa shape index (κ2) is 2.88. The monoisotopic (exact) mass is 196 g/mol. The fourth-order valence-corrected chi connectivity index (χ4v) is 2.29. The third-order valence-corrected chi connectivity index (χ3v) is 2.88. The average Bonchev–Trinajstić information content (AvgIpc) is 2.43. The van der Waals surface area contributed by atoms with Crippen molar-refractivity contribution in [2.24, 2.45) is 0 Å². The highest BCUT2D eigenvalue weighted by Gasteiger charge is 1.99. The van der Waals surface area contributed by atoms with E-state index in [4.69, 9.17) is 11.6 Å². The van der Waals surface area contributed by atoms with Gasteiger partial charge in [-0.15, -0.1) is 11.3 Å². The van der Waals surface area contributed by atoms with E-state index in [0.717, 1.165) is 20.7 Å². The van der Waals surface area contributed by atoms with Crippen LogP contribution in [0.2, 0.25) is 4.34 Å². The van der Waals surface area contributed by atoms with E-state index in [-0.39, 0.29) is 0 Å². The summed E-state index contributed by atoms with van der Waals surface area (Å²) in [7, 11) is 0. The average molecular weight is 197 g/mol. The molecule has 3 heteroatoms. The van der Waals surface area contributed by atoms with Crippen LogP contribution in [0.5, 0.6) is 0 Å². The van der Waals surface area contributed by atoms with Gasteiger partial charge in [0.25, 0.3) is 0 Å². The van der Waals surface area contributed by atoms with E-state index in [9.17, 15) is 4.79 Å². The summed E-state index contributed by atoms with van der Waals surface area (Å²) in [4.78, 5) is 10.4. The molecule has 0 aliphatic heterocycles. The van der Waals surface area contributed by atoms with E-state index in [2.05, 4.69) is 0 Å². The number of aldehydes is 1. The highest BCUT2D eigenvalue weighted by atomic mass is 35.5. The predicted molar refractivity (Wildman–Crippen MR) is 52.2 cm³/mol. The van der Waals surface area contributed by atoms with Gasteiger partial charge in [-0.3, -0.25) is 4.79 Å². The van der Waals surface area contributed by atoms with Gasteiger partial charge in [-0.05, 0) is 17.5 Å². The van der Waals surface area contributed by atoms with Crippen LogP contribution in [0.15, 0.2) is 24.3 Å². The zero-order valence-electron chi connectivity index (χ0n) is 6.08. The van der Waals surface area contributed by atoms with Crippen LogP contribution in [0, 0.1) is 0 Å². The standard InChI is InChI=1S/C9H5ClOS/c10-9-4-7-2-1-6(5-11)3-8(7)12-9/h1-5H. The van der Waals surface area contributed by atoms with Crippen molar-refractivity contribution in [3.8, 4) is 0 Å². The van der Waals surface area contributed by atoms with Gasteiger partial charge in [0.2, 0.25) is 0 Å². The summed E-state index contributed by atoms with van der Waals surface area (Å²) in [5.74, 6) is 0. The molecule has 0 fully saturated rings. The van der Waals surface area contributed by atoms with Crippen molar-refractivity contribution in [1.29, 1.82) is 0 Å². The van der Waals surface area contributed by atoms with E-state index >= 15 is 0 Å². The van der Waals surface area contributed by atoms with Crippen molar-refractivity contribution in [2.45, 2.75) is 0 Å². The van der Waals surface area contributed by atoms with Crippen LogP contribution < -0.4 is 0 Å². The SMILES string of the molecule is O=Cc1ccc2cc(Cl)sc2c1. The second-order valence-corrected chi connectivity index (χ2v) is 4.18. The molecule has 0 atom stereocenters. The second-order valence-electron chi connectivity index (χ2n) is 2.47. The van der Waals surface area contributed by atoms with Crippen LogP contribution in [-0.2, 0) is 0 Å². The van der Waals surface area contributed by atoms with Crippen molar-refractivity contribution in [3.05, 3.63) is 34.2 Å². The van der Waals surface area contributed by atoms with Crippen molar-refractivity contribution < 1.29 is 4.79 Å². The largest absolute Gasteiger partial charge is 0.298 e. The number of hydrogen-bond donors (Lipinski definition) is 0. The van der Waals surface area contributed by atoms with Crippen LogP contribution in [0.25, 0.3) is 10.1 Å². The fourth-order valence-electron chi connectivity index (χ4n) is 1.09. The van der Waals surface area contributed by atoms with E-state index in [1.54, 1.807) is 6.07 Å². The van der Waals surface area contributed by atoms with E-state index in [1.807, 2.05) is 18.2 Å². The Kier molecular flexibility index (Phi) is 1.87. The molecule has 0 spiro atoms. The van der Waals surface area contributed by atoms with Crippen molar-refractivity contribution in [1.82, 2.24) is 0 Å². The van der Waals surface area contributed by atoms with E-state index in [1.165, 1.54) is 11.3 Å². The first-order valence-corrected chi connectivity index (χ1v) is 4.63. The number of thiophene rings is 1. The van der Waals surface area contributed by atoms with Gasteiger partial charge in [0, 0.05) is 10.3 Å². The summed E-state index contributed by atoms with van der Waals surface area (Å²) in [5.41, 5.74) is 0.695. The Bertz CT molecular complexity index is 433. The highest BCUT2D eigenvalue weighted by molar-refractivity contribution is 7.22. The molecular weight excluding hydrogens is 192 g/mol. The number of rotatable bonds is 1. The van der Waals surface area contributed by atoms with Gasteiger partial charge in [0.05, 0.1) is 4.34 Å². The summed E-state index contributed by atoms with van der Waals surface area (Å²) >= 11 is 7.30. The molecule has 0 N–H and O–H groups in total. The minimum absolute atomic E-state index is 0.695. The molecule has 1 heterocycles. The maximum atomic E-state index is 10.4. The van der Waals surface area contributed by atoms with Gasteiger partial charge in [-0.25, -0.2) is 0 Å². The molecule has 0 radical (unpaired) electrons. The van der Waals surface area contributed by atoms with E-state index in [0.29, 0.717) is 5.56 Å². The lowest BCUT2D eigenvalue weighted by Gasteiger charge is -1.89. The first-order chi connectivity index (χ1) is 5.79. The van der Waals surface area contributed by atoms with Gasteiger partial charge >= 0.3 is 0 Å². The minimum atomic E-state index is 0.695. The normalized spacial score (nSPS) is 10.4. The van der Waals surface area contributed by atoms with Crippen LogP contribution >= 0.6 is 22.9 Å². The molecule has 12 heavy (non-hydrogen) atoms. The quantitative estimate of drug-likeness (QED) is 0.640. The van der Waals surface area contributed by atoms with Crippen LogP contribution in [0.4, 0.5) is 0 Å². The number of halogens is 1. The number of carbonyl (C=O) groups is 1. The maximum Gasteiger partial charge on any atom is 0.150 e. The Labute approximate surface area is 78.6 Å². The molecular formula is C9H5ClOS. The number of carbonyl (C=O) groups excluding carboxylic acids is 1. The lowest BCUT2D eigenvalue weighted by Crippen LogP contribution is -1.75. The van der Waals surface area contributed by atoms with Crippen LogP contribution in [0.3, 0.4) is 0 Å². The van der Waals surface area contributed by atoms with Gasteiger partial charge in [-0.1, -0.05) is 23.7 Å². The number of fused-ring (bicyclic) bond motifs is 1. The number of benzene rings is 1. The zero-order valence-corrected chi connectivity index (χ0v) is 7.65. The van der Waals surface area contributed by atoms with Gasteiger partial charge < -0.3 is 0 Å². The number of hydrogen-bond acceptors (Lipinski definition) is 2. The van der Waals surface area contributed by atoms with Crippen molar-refractivity contribution in [3.63, 3.8) is 0 Å². The topological polar surface area (TPSA) is 17.1 Å². The highest BCUT2D eigenvalue weighted by Crippen LogP contribution is 2.29. The molecule has 0 aliphatic carbocycles. The maximum absolute atomic E-state index is 10.4. The molecule has 1 aromatic carbocycles. The summed E-state index contributed by atoms with van der Waals surface area (Å²) in [6, 6.07) is 7.44.